The maximum Gasteiger partial charge on any atom is 0.250 e. The van der Waals surface area contributed by atoms with E-state index in [1.54, 1.807) is 35.7 Å². The number of nitrogens with zero attached hydrogens (tertiary/aromatic N) is 1. The summed E-state index contributed by atoms with van der Waals surface area (Å²) in [5.74, 6) is -0.611. The molecule has 0 saturated heterocycles. The summed E-state index contributed by atoms with van der Waals surface area (Å²) in [4.78, 5) is 39.9. The van der Waals surface area contributed by atoms with Gasteiger partial charge >= 0.3 is 0 Å². The highest BCUT2D eigenvalue weighted by Gasteiger charge is 2.10. The molecule has 6 nitrogen and oxygen atoms in total. The van der Waals surface area contributed by atoms with Gasteiger partial charge in [0.1, 0.15) is 0 Å². The van der Waals surface area contributed by atoms with Gasteiger partial charge in [-0.05, 0) is 30.7 Å². The molecule has 3 rings (SSSR count). The lowest BCUT2D eigenvalue weighted by Gasteiger charge is -2.05. The van der Waals surface area contributed by atoms with E-state index in [9.17, 15) is 14.4 Å². The summed E-state index contributed by atoms with van der Waals surface area (Å²) in [6.07, 6.45) is 3.22. The lowest BCUT2D eigenvalue weighted by molar-refractivity contribution is -0.115. The van der Waals surface area contributed by atoms with Gasteiger partial charge in [0, 0.05) is 22.7 Å². The van der Waals surface area contributed by atoms with Crippen LogP contribution in [-0.2, 0) is 16.0 Å². The van der Waals surface area contributed by atoms with Crippen LogP contribution >= 0.6 is 11.3 Å². The highest BCUT2D eigenvalue weighted by atomic mass is 32.1. The van der Waals surface area contributed by atoms with E-state index in [2.05, 4.69) is 15.6 Å². The van der Waals surface area contributed by atoms with E-state index in [-0.39, 0.29) is 24.0 Å². The first-order valence-corrected chi connectivity index (χ1v) is 9.77. The maximum atomic E-state index is 12.2. The van der Waals surface area contributed by atoms with Crippen LogP contribution in [0.1, 0.15) is 28.5 Å². The van der Waals surface area contributed by atoms with E-state index >= 15 is 0 Å². The van der Waals surface area contributed by atoms with Crippen molar-refractivity contribution in [3.8, 4) is 0 Å². The van der Waals surface area contributed by atoms with Gasteiger partial charge < -0.3 is 5.32 Å². The second-order valence-corrected chi connectivity index (χ2v) is 7.10. The van der Waals surface area contributed by atoms with Crippen LogP contribution in [0, 0.1) is 0 Å². The largest absolute Gasteiger partial charge is 0.326 e. The molecule has 7 heteroatoms. The number of carbonyl (C=O) groups is 3. The van der Waals surface area contributed by atoms with Gasteiger partial charge in [0.2, 0.25) is 11.8 Å². The smallest absolute Gasteiger partial charge is 0.250 e. The summed E-state index contributed by atoms with van der Waals surface area (Å²) in [7, 11) is 0. The molecular formula is C22H19N3O3S. The molecule has 0 saturated carbocycles. The molecular weight excluding hydrogens is 386 g/mol. The molecule has 0 aliphatic carbocycles. The number of hydrogen-bond donors (Lipinski definition) is 2. The summed E-state index contributed by atoms with van der Waals surface area (Å²) in [5.41, 5.74) is 2.56. The number of amides is 2. The van der Waals surface area contributed by atoms with Crippen LogP contribution in [0.4, 0.5) is 10.8 Å². The number of ketones is 1. The van der Waals surface area contributed by atoms with Gasteiger partial charge in [-0.25, -0.2) is 4.98 Å². The first-order valence-electron chi connectivity index (χ1n) is 8.89. The predicted molar refractivity (Wildman–Crippen MR) is 115 cm³/mol. The minimum absolute atomic E-state index is 0.0660. The lowest BCUT2D eigenvalue weighted by Crippen LogP contribution is -2.15. The van der Waals surface area contributed by atoms with Crippen LogP contribution in [-0.4, -0.2) is 22.6 Å². The van der Waals surface area contributed by atoms with Crippen LogP contribution < -0.4 is 10.6 Å². The Labute approximate surface area is 172 Å². The Bertz CT molecular complexity index is 1060. The van der Waals surface area contributed by atoms with Crippen molar-refractivity contribution in [1.82, 2.24) is 4.98 Å². The molecule has 0 aliphatic rings. The van der Waals surface area contributed by atoms with E-state index in [4.69, 9.17) is 0 Å². The van der Waals surface area contributed by atoms with Crippen molar-refractivity contribution in [1.29, 1.82) is 0 Å². The minimum atomic E-state index is -0.291. The summed E-state index contributed by atoms with van der Waals surface area (Å²) in [5, 5.41) is 7.59. The molecule has 0 aliphatic heterocycles. The van der Waals surface area contributed by atoms with Crippen LogP contribution in [0.3, 0.4) is 0 Å². The van der Waals surface area contributed by atoms with Gasteiger partial charge in [-0.2, -0.15) is 0 Å². The Balaban J connectivity index is 1.54. The molecule has 1 aromatic heterocycles. The van der Waals surface area contributed by atoms with Gasteiger partial charge in [0.15, 0.2) is 10.9 Å². The number of hydrogen-bond acceptors (Lipinski definition) is 5. The molecule has 2 aromatic carbocycles. The van der Waals surface area contributed by atoms with Crippen molar-refractivity contribution in [3.05, 3.63) is 82.9 Å². The molecule has 2 N–H and O–H groups in total. The fourth-order valence-corrected chi connectivity index (χ4v) is 3.23. The Morgan fingerprint density at radius 3 is 2.59 bits per heavy atom. The Hall–Kier alpha value is -3.58. The van der Waals surface area contributed by atoms with Crippen molar-refractivity contribution in [2.45, 2.75) is 13.3 Å². The quantitative estimate of drug-likeness (QED) is 0.456. The van der Waals surface area contributed by atoms with E-state index in [0.717, 1.165) is 5.56 Å². The molecule has 1 heterocycles. The molecule has 0 radical (unpaired) electrons. The molecule has 0 bridgehead atoms. The number of Topliss-reactive ketones (excluding diaryl/α,β-unsaturated/α-hetero) is 1. The molecule has 29 heavy (non-hydrogen) atoms. The van der Waals surface area contributed by atoms with Gasteiger partial charge in [-0.1, -0.05) is 42.5 Å². The first-order chi connectivity index (χ1) is 14.0. The van der Waals surface area contributed by atoms with Gasteiger partial charge in [-0.15, -0.1) is 11.3 Å². The number of thiazole rings is 1. The molecule has 2 amide bonds. The normalized spacial score (nSPS) is 10.7. The Kier molecular flexibility index (Phi) is 6.65. The molecule has 0 unspecified atom stereocenters. The summed E-state index contributed by atoms with van der Waals surface area (Å²) in [6.45, 7) is 1.47. The van der Waals surface area contributed by atoms with Crippen LogP contribution in [0.2, 0.25) is 0 Å². The van der Waals surface area contributed by atoms with Crippen molar-refractivity contribution in [3.63, 3.8) is 0 Å². The summed E-state index contributed by atoms with van der Waals surface area (Å²) in [6, 6.07) is 16.3. The fourth-order valence-electron chi connectivity index (χ4n) is 2.51. The zero-order chi connectivity index (χ0) is 20.6. The first kappa shape index (κ1) is 20.2. The van der Waals surface area contributed by atoms with Gasteiger partial charge in [0.05, 0.1) is 12.1 Å². The molecule has 146 valence electrons. The summed E-state index contributed by atoms with van der Waals surface area (Å²) >= 11 is 1.25. The van der Waals surface area contributed by atoms with E-state index in [1.807, 2.05) is 30.3 Å². The Morgan fingerprint density at radius 1 is 1.03 bits per heavy atom. The highest BCUT2D eigenvalue weighted by molar-refractivity contribution is 7.14. The average molecular weight is 405 g/mol. The summed E-state index contributed by atoms with van der Waals surface area (Å²) < 4.78 is 0. The third-order valence-corrected chi connectivity index (χ3v) is 4.71. The number of benzene rings is 2. The van der Waals surface area contributed by atoms with Crippen molar-refractivity contribution in [2.24, 2.45) is 0 Å². The fraction of sp³-hybridized carbons (Fsp3) is 0.0909. The maximum absolute atomic E-state index is 12.2. The number of carbonyl (C=O) groups excluding carboxylic acids is 3. The third-order valence-electron chi connectivity index (χ3n) is 3.90. The monoisotopic (exact) mass is 405 g/mol. The number of aromatic nitrogens is 1. The predicted octanol–water partition coefficient (Wildman–Crippen LogP) is 4.18. The molecule has 0 spiro atoms. The average Bonchev–Trinajstić information content (AvgIpc) is 3.13. The molecule has 0 atom stereocenters. The second kappa shape index (κ2) is 9.57. The lowest BCUT2D eigenvalue weighted by atomic mass is 10.1. The molecule has 0 fully saturated rings. The highest BCUT2D eigenvalue weighted by Crippen LogP contribution is 2.17. The number of anilines is 2. The third kappa shape index (κ3) is 6.22. The van der Waals surface area contributed by atoms with Crippen LogP contribution in [0.15, 0.2) is 66.1 Å². The van der Waals surface area contributed by atoms with Crippen LogP contribution in [0.5, 0.6) is 0 Å². The van der Waals surface area contributed by atoms with E-state index in [1.165, 1.54) is 24.3 Å². The van der Waals surface area contributed by atoms with Gasteiger partial charge in [0.25, 0.3) is 0 Å². The molecule has 3 aromatic rings. The van der Waals surface area contributed by atoms with E-state index < -0.39 is 0 Å². The van der Waals surface area contributed by atoms with E-state index in [0.29, 0.717) is 22.1 Å². The number of nitrogens with one attached hydrogen (secondary N) is 2. The van der Waals surface area contributed by atoms with Gasteiger partial charge in [-0.3, -0.25) is 19.7 Å². The zero-order valence-electron chi connectivity index (χ0n) is 15.7. The van der Waals surface area contributed by atoms with Crippen LogP contribution in [0.25, 0.3) is 6.08 Å². The Morgan fingerprint density at radius 2 is 1.83 bits per heavy atom. The zero-order valence-corrected chi connectivity index (χ0v) is 16.5. The van der Waals surface area contributed by atoms with Crippen molar-refractivity contribution in [2.75, 3.05) is 10.6 Å². The topological polar surface area (TPSA) is 88.2 Å². The van der Waals surface area contributed by atoms with Crippen molar-refractivity contribution < 1.29 is 14.4 Å². The number of rotatable bonds is 7. The second-order valence-electron chi connectivity index (χ2n) is 6.24. The SMILES string of the molecule is CC(=O)c1cccc(NC(=O)Cc2csc(NC(=O)/C=C/c3ccccc3)n2)c1. The standard InChI is InChI=1S/C22H19N3O3S/c1-15(26)17-8-5-9-18(12-17)23-21(28)13-19-14-29-22(24-19)25-20(27)11-10-16-6-3-2-4-7-16/h2-12,14H,13H2,1H3,(H,23,28)(H,24,25,27)/b11-10+. The minimum Gasteiger partial charge on any atom is -0.326 e. The van der Waals surface area contributed by atoms with Crippen molar-refractivity contribution >= 4 is 45.8 Å².